The molecule has 0 saturated carbocycles. The molecule has 30 heavy (non-hydrogen) atoms. The second-order valence-electron chi connectivity index (χ2n) is 7.38. The van der Waals surface area contributed by atoms with Crippen LogP contribution in [0.15, 0.2) is 59.8 Å². The van der Waals surface area contributed by atoms with Crippen molar-refractivity contribution in [1.82, 2.24) is 14.8 Å². The number of carbonyl (C=O) groups excluding carboxylic acids is 1. The monoisotopic (exact) mass is 402 g/mol. The number of rotatable bonds is 4. The maximum Gasteiger partial charge on any atom is 0.226 e. The third-order valence-corrected chi connectivity index (χ3v) is 5.62. The summed E-state index contributed by atoms with van der Waals surface area (Å²) in [5, 5.41) is 8.15. The molecule has 0 fully saturated rings. The second-order valence-corrected chi connectivity index (χ2v) is 7.38. The smallest absolute Gasteiger partial charge is 0.226 e. The highest BCUT2D eigenvalue weighted by atomic mass is 16.5. The van der Waals surface area contributed by atoms with E-state index in [0.29, 0.717) is 29.7 Å². The Balaban J connectivity index is 1.68. The number of nitrogens with zero attached hydrogens (tertiary/aromatic N) is 3. The maximum atomic E-state index is 13.0. The Morgan fingerprint density at radius 3 is 2.60 bits per heavy atom. The molecule has 7 nitrogen and oxygen atoms in total. The zero-order valence-electron chi connectivity index (χ0n) is 16.9. The van der Waals surface area contributed by atoms with Crippen molar-refractivity contribution in [2.24, 2.45) is 0 Å². The van der Waals surface area contributed by atoms with Crippen molar-refractivity contribution in [3.8, 4) is 22.9 Å². The first-order valence-electron chi connectivity index (χ1n) is 9.96. The van der Waals surface area contributed by atoms with Gasteiger partial charge in [-0.1, -0.05) is 36.4 Å². The summed E-state index contributed by atoms with van der Waals surface area (Å²) in [6.45, 7) is 0. The highest BCUT2D eigenvalue weighted by Gasteiger charge is 2.37. The van der Waals surface area contributed by atoms with Crippen LogP contribution in [0.5, 0.6) is 11.5 Å². The molecule has 1 aliphatic heterocycles. The highest BCUT2D eigenvalue weighted by Crippen LogP contribution is 2.42. The van der Waals surface area contributed by atoms with Crippen LogP contribution in [0.25, 0.3) is 11.4 Å². The van der Waals surface area contributed by atoms with Crippen LogP contribution in [-0.2, 0) is 4.79 Å². The quantitative estimate of drug-likeness (QED) is 0.711. The first-order chi connectivity index (χ1) is 14.7. The lowest BCUT2D eigenvalue weighted by atomic mass is 9.85. The summed E-state index contributed by atoms with van der Waals surface area (Å²) in [6.07, 6.45) is 2.20. The molecule has 2 aliphatic rings. The minimum atomic E-state index is -0.367. The van der Waals surface area contributed by atoms with Gasteiger partial charge in [-0.05, 0) is 30.5 Å². The Bertz CT molecular complexity index is 1150. The van der Waals surface area contributed by atoms with Crippen LogP contribution in [0.4, 0.5) is 5.95 Å². The summed E-state index contributed by atoms with van der Waals surface area (Å²) in [6, 6.07) is 15.2. The SMILES string of the molecule is COc1ccc([C@H]2C3=C(CCCC3=O)Nc3nc(-c4ccccc4)nn32)cc1OC. The number of anilines is 1. The van der Waals surface area contributed by atoms with E-state index in [-0.39, 0.29) is 11.8 Å². The van der Waals surface area contributed by atoms with Crippen molar-refractivity contribution in [1.29, 1.82) is 0 Å². The van der Waals surface area contributed by atoms with E-state index in [1.807, 2.05) is 53.2 Å². The van der Waals surface area contributed by atoms with E-state index in [2.05, 4.69) is 5.32 Å². The van der Waals surface area contributed by atoms with Crippen molar-refractivity contribution in [2.45, 2.75) is 25.3 Å². The van der Waals surface area contributed by atoms with Crippen molar-refractivity contribution in [3.05, 3.63) is 65.4 Å². The van der Waals surface area contributed by atoms with Gasteiger partial charge in [0, 0.05) is 23.3 Å². The van der Waals surface area contributed by atoms with Gasteiger partial charge in [-0.15, -0.1) is 5.10 Å². The number of methoxy groups -OCH3 is 2. The number of hydrogen-bond donors (Lipinski definition) is 1. The van der Waals surface area contributed by atoms with E-state index in [4.69, 9.17) is 19.6 Å². The van der Waals surface area contributed by atoms with Gasteiger partial charge in [0.25, 0.3) is 0 Å². The molecule has 0 amide bonds. The van der Waals surface area contributed by atoms with Crippen LogP contribution in [0.1, 0.15) is 30.9 Å². The molecule has 0 unspecified atom stereocenters. The van der Waals surface area contributed by atoms with E-state index in [1.54, 1.807) is 14.2 Å². The summed E-state index contributed by atoms with van der Waals surface area (Å²) in [4.78, 5) is 17.7. The van der Waals surface area contributed by atoms with E-state index < -0.39 is 0 Å². The third kappa shape index (κ3) is 2.94. The summed E-state index contributed by atoms with van der Waals surface area (Å²) in [5.41, 5.74) is 3.52. The summed E-state index contributed by atoms with van der Waals surface area (Å²) in [7, 11) is 3.21. The fourth-order valence-electron chi connectivity index (χ4n) is 4.20. The molecule has 1 atom stereocenters. The average Bonchev–Trinajstić information content (AvgIpc) is 3.22. The minimum Gasteiger partial charge on any atom is -0.493 e. The molecule has 2 aromatic carbocycles. The molecule has 0 saturated heterocycles. The number of aromatic nitrogens is 3. The van der Waals surface area contributed by atoms with Gasteiger partial charge in [0.1, 0.15) is 6.04 Å². The predicted octanol–water partition coefficient (Wildman–Crippen LogP) is 3.98. The first kappa shape index (κ1) is 18.4. The molecule has 1 aromatic heterocycles. The maximum absolute atomic E-state index is 13.0. The lowest BCUT2D eigenvalue weighted by Crippen LogP contribution is -2.31. The molecule has 7 heteroatoms. The predicted molar refractivity (Wildman–Crippen MR) is 113 cm³/mol. The van der Waals surface area contributed by atoms with E-state index in [1.165, 1.54) is 0 Å². The molecule has 3 aromatic rings. The van der Waals surface area contributed by atoms with Crippen LogP contribution in [-0.4, -0.2) is 34.8 Å². The fourth-order valence-corrected chi connectivity index (χ4v) is 4.20. The standard InChI is InChI=1S/C23H22N4O3/c1-29-18-12-11-15(13-19(18)30-2)21-20-16(9-6-10-17(20)28)24-23-25-22(26-27(21)23)14-7-4-3-5-8-14/h3-5,7-8,11-13,21H,6,9-10H2,1-2H3,(H,24,25,26)/t21-/m0/s1. The molecule has 1 N–H and O–H groups in total. The molecule has 0 bridgehead atoms. The van der Waals surface area contributed by atoms with Crippen LogP contribution >= 0.6 is 0 Å². The van der Waals surface area contributed by atoms with Gasteiger partial charge < -0.3 is 14.8 Å². The average molecular weight is 402 g/mol. The third-order valence-electron chi connectivity index (χ3n) is 5.62. The summed E-state index contributed by atoms with van der Waals surface area (Å²) >= 11 is 0. The van der Waals surface area contributed by atoms with Gasteiger partial charge in [-0.3, -0.25) is 4.79 Å². The molecular weight excluding hydrogens is 380 g/mol. The van der Waals surface area contributed by atoms with Crippen LogP contribution in [0.3, 0.4) is 0 Å². The molecular formula is C23H22N4O3. The summed E-state index contributed by atoms with van der Waals surface area (Å²) < 4.78 is 12.7. The number of ketones is 1. The Kier molecular flexibility index (Phi) is 4.50. The fraction of sp³-hybridized carbons (Fsp3) is 0.261. The van der Waals surface area contributed by atoms with Gasteiger partial charge in [-0.2, -0.15) is 4.98 Å². The van der Waals surface area contributed by atoms with Crippen molar-refractivity contribution in [2.75, 3.05) is 19.5 Å². The Hall–Kier alpha value is -3.61. The Morgan fingerprint density at radius 1 is 1.03 bits per heavy atom. The van der Waals surface area contributed by atoms with E-state index >= 15 is 0 Å². The molecule has 0 radical (unpaired) electrons. The Morgan fingerprint density at radius 2 is 1.83 bits per heavy atom. The number of nitrogens with one attached hydrogen (secondary N) is 1. The molecule has 2 heterocycles. The largest absolute Gasteiger partial charge is 0.493 e. The first-order valence-corrected chi connectivity index (χ1v) is 9.96. The van der Waals surface area contributed by atoms with Crippen LogP contribution in [0, 0.1) is 0 Å². The number of ether oxygens (including phenoxy) is 2. The number of fused-ring (bicyclic) bond motifs is 1. The normalized spacial score (nSPS) is 17.8. The molecule has 1 aliphatic carbocycles. The lowest BCUT2D eigenvalue weighted by Gasteiger charge is -2.32. The van der Waals surface area contributed by atoms with Gasteiger partial charge in [0.15, 0.2) is 23.1 Å². The van der Waals surface area contributed by atoms with Gasteiger partial charge in [0.2, 0.25) is 5.95 Å². The highest BCUT2D eigenvalue weighted by molar-refractivity contribution is 5.99. The number of hydrogen-bond acceptors (Lipinski definition) is 6. The zero-order chi connectivity index (χ0) is 20.7. The summed E-state index contributed by atoms with van der Waals surface area (Å²) in [5.74, 6) is 2.66. The minimum absolute atomic E-state index is 0.144. The number of benzene rings is 2. The van der Waals surface area contributed by atoms with Crippen molar-refractivity contribution >= 4 is 11.7 Å². The number of carbonyl (C=O) groups is 1. The van der Waals surface area contributed by atoms with Gasteiger partial charge in [0.05, 0.1) is 14.2 Å². The van der Waals surface area contributed by atoms with Crippen LogP contribution in [0.2, 0.25) is 0 Å². The zero-order valence-corrected chi connectivity index (χ0v) is 16.9. The number of allylic oxidation sites excluding steroid dienone is 2. The lowest BCUT2D eigenvalue weighted by molar-refractivity contribution is -0.116. The molecule has 5 rings (SSSR count). The molecule has 0 spiro atoms. The second kappa shape index (κ2) is 7.33. The Labute approximate surface area is 174 Å². The topological polar surface area (TPSA) is 78.3 Å². The van der Waals surface area contributed by atoms with Crippen molar-refractivity contribution in [3.63, 3.8) is 0 Å². The van der Waals surface area contributed by atoms with Gasteiger partial charge in [-0.25, -0.2) is 4.68 Å². The van der Waals surface area contributed by atoms with E-state index in [9.17, 15) is 4.79 Å². The van der Waals surface area contributed by atoms with Gasteiger partial charge >= 0.3 is 0 Å². The number of Topliss-reactive ketones (excluding diaryl/α,β-unsaturated/α-hetero) is 1. The van der Waals surface area contributed by atoms with Crippen molar-refractivity contribution < 1.29 is 14.3 Å². The van der Waals surface area contributed by atoms with Crippen LogP contribution < -0.4 is 14.8 Å². The van der Waals surface area contributed by atoms with E-state index in [0.717, 1.165) is 35.2 Å². The molecule has 152 valence electrons.